The molecule has 19 heavy (non-hydrogen) atoms. The largest absolute Gasteiger partial charge is 0.332 e. The summed E-state index contributed by atoms with van der Waals surface area (Å²) >= 11 is 6.25. The molecule has 0 amide bonds. The third-order valence-electron chi connectivity index (χ3n) is 3.35. The van der Waals surface area contributed by atoms with E-state index >= 15 is 0 Å². The molecule has 0 saturated heterocycles. The van der Waals surface area contributed by atoms with Crippen molar-refractivity contribution in [1.82, 2.24) is 9.55 Å². The van der Waals surface area contributed by atoms with E-state index in [1.54, 1.807) is 0 Å². The van der Waals surface area contributed by atoms with E-state index in [2.05, 4.69) is 40.0 Å². The SMILES string of the molecule is Cc1nc2n(CCc3ccccc3)cccc-2c1Cl. The van der Waals surface area contributed by atoms with E-state index in [1.807, 2.05) is 25.1 Å². The van der Waals surface area contributed by atoms with Crippen LogP contribution in [0.1, 0.15) is 11.3 Å². The van der Waals surface area contributed by atoms with Gasteiger partial charge in [0.1, 0.15) is 5.82 Å². The fourth-order valence-electron chi connectivity index (χ4n) is 2.32. The average Bonchev–Trinajstić information content (AvgIpc) is 2.74. The van der Waals surface area contributed by atoms with E-state index < -0.39 is 0 Å². The van der Waals surface area contributed by atoms with Gasteiger partial charge in [0.2, 0.25) is 0 Å². The zero-order valence-electron chi connectivity index (χ0n) is 10.8. The number of hydrogen-bond acceptors (Lipinski definition) is 1. The van der Waals surface area contributed by atoms with Crippen LogP contribution in [-0.2, 0) is 13.0 Å². The molecule has 3 heteroatoms. The van der Waals surface area contributed by atoms with Crippen molar-refractivity contribution in [2.45, 2.75) is 19.9 Å². The van der Waals surface area contributed by atoms with E-state index in [0.29, 0.717) is 0 Å². The Labute approximate surface area is 118 Å². The number of pyridine rings is 1. The topological polar surface area (TPSA) is 17.8 Å². The second kappa shape index (κ2) is 5.06. The fraction of sp³-hybridized carbons (Fsp3) is 0.188. The van der Waals surface area contributed by atoms with Crippen LogP contribution in [0.3, 0.4) is 0 Å². The van der Waals surface area contributed by atoms with Crippen LogP contribution in [0.2, 0.25) is 5.02 Å². The average molecular weight is 271 g/mol. The minimum atomic E-state index is 0.768. The first kappa shape index (κ1) is 12.2. The lowest BCUT2D eigenvalue weighted by atomic mass is 10.1. The van der Waals surface area contributed by atoms with Crippen molar-refractivity contribution in [2.24, 2.45) is 0 Å². The van der Waals surface area contributed by atoms with Crippen molar-refractivity contribution in [3.05, 3.63) is 64.9 Å². The Bertz CT molecular complexity index is 658. The van der Waals surface area contributed by atoms with Gasteiger partial charge >= 0.3 is 0 Å². The molecule has 0 spiro atoms. The predicted molar refractivity (Wildman–Crippen MR) is 78.7 cm³/mol. The summed E-state index contributed by atoms with van der Waals surface area (Å²) in [5.74, 6) is 0.973. The Hall–Kier alpha value is -1.80. The maximum Gasteiger partial charge on any atom is 0.141 e. The highest BCUT2D eigenvalue weighted by atomic mass is 35.5. The normalized spacial score (nSPS) is 11.1. The summed E-state index contributed by atoms with van der Waals surface area (Å²) in [5, 5.41) is 0.768. The van der Waals surface area contributed by atoms with Gasteiger partial charge in [-0.05, 0) is 31.0 Å². The number of aromatic nitrogens is 2. The van der Waals surface area contributed by atoms with E-state index in [1.165, 1.54) is 5.56 Å². The van der Waals surface area contributed by atoms with Crippen molar-refractivity contribution in [2.75, 3.05) is 0 Å². The van der Waals surface area contributed by atoms with Crippen LogP contribution < -0.4 is 0 Å². The molecule has 0 saturated carbocycles. The Kier molecular flexibility index (Phi) is 3.26. The maximum absolute atomic E-state index is 6.25. The van der Waals surface area contributed by atoms with Crippen molar-refractivity contribution in [3.8, 4) is 11.4 Å². The molecule has 1 aromatic carbocycles. The van der Waals surface area contributed by atoms with E-state index in [9.17, 15) is 0 Å². The first-order valence-electron chi connectivity index (χ1n) is 6.40. The summed E-state index contributed by atoms with van der Waals surface area (Å²) in [7, 11) is 0. The summed E-state index contributed by atoms with van der Waals surface area (Å²) in [5.41, 5.74) is 3.27. The Morgan fingerprint density at radius 1 is 1.11 bits per heavy atom. The summed E-state index contributed by atoms with van der Waals surface area (Å²) in [6, 6.07) is 14.5. The number of rotatable bonds is 3. The lowest BCUT2D eigenvalue weighted by molar-refractivity contribution is 0.689. The Morgan fingerprint density at radius 3 is 2.68 bits per heavy atom. The van der Waals surface area contributed by atoms with Crippen LogP contribution in [0.15, 0.2) is 48.7 Å². The number of nitrogens with zero attached hydrogens (tertiary/aromatic N) is 2. The van der Waals surface area contributed by atoms with Gasteiger partial charge in [-0.25, -0.2) is 4.98 Å². The molecule has 0 radical (unpaired) electrons. The van der Waals surface area contributed by atoms with Crippen molar-refractivity contribution in [1.29, 1.82) is 0 Å². The number of fused-ring (bicyclic) bond motifs is 1. The lowest BCUT2D eigenvalue weighted by Crippen LogP contribution is -2.05. The molecule has 0 bridgehead atoms. The van der Waals surface area contributed by atoms with Gasteiger partial charge in [0, 0.05) is 18.3 Å². The molecule has 0 aliphatic carbocycles. The summed E-state index contributed by atoms with van der Waals surface area (Å²) in [6.07, 6.45) is 3.06. The van der Waals surface area contributed by atoms with Gasteiger partial charge in [-0.15, -0.1) is 0 Å². The van der Waals surface area contributed by atoms with Gasteiger partial charge in [0.15, 0.2) is 0 Å². The molecule has 0 N–H and O–H groups in total. The van der Waals surface area contributed by atoms with Gasteiger partial charge in [0.05, 0.1) is 10.7 Å². The molecular formula is C16H15ClN2. The quantitative estimate of drug-likeness (QED) is 0.698. The number of hydrogen-bond donors (Lipinski definition) is 0. The smallest absolute Gasteiger partial charge is 0.141 e. The molecule has 2 heterocycles. The van der Waals surface area contributed by atoms with Gasteiger partial charge < -0.3 is 4.57 Å². The Morgan fingerprint density at radius 2 is 1.89 bits per heavy atom. The molecular weight excluding hydrogens is 256 g/mol. The second-order valence-electron chi connectivity index (χ2n) is 4.69. The van der Waals surface area contributed by atoms with Gasteiger partial charge in [-0.1, -0.05) is 41.9 Å². The minimum absolute atomic E-state index is 0.768. The molecule has 0 aromatic heterocycles. The molecule has 2 aliphatic heterocycles. The highest BCUT2D eigenvalue weighted by molar-refractivity contribution is 6.34. The van der Waals surface area contributed by atoms with Crippen LogP contribution in [0.4, 0.5) is 0 Å². The molecule has 2 nitrogen and oxygen atoms in total. The molecule has 3 rings (SSSR count). The highest BCUT2D eigenvalue weighted by Gasteiger charge is 2.15. The molecule has 0 unspecified atom stereocenters. The van der Waals surface area contributed by atoms with E-state index in [4.69, 9.17) is 11.6 Å². The summed E-state index contributed by atoms with van der Waals surface area (Å²) in [6.45, 7) is 2.86. The van der Waals surface area contributed by atoms with Crippen molar-refractivity contribution >= 4 is 11.6 Å². The lowest BCUT2D eigenvalue weighted by Gasteiger charge is -2.11. The monoisotopic (exact) mass is 270 g/mol. The predicted octanol–water partition coefficient (Wildman–Crippen LogP) is 4.19. The first-order valence-corrected chi connectivity index (χ1v) is 6.78. The third-order valence-corrected chi connectivity index (χ3v) is 3.83. The molecule has 0 fully saturated rings. The Balaban J connectivity index is 1.87. The van der Waals surface area contributed by atoms with Gasteiger partial charge in [0.25, 0.3) is 0 Å². The zero-order valence-corrected chi connectivity index (χ0v) is 11.6. The zero-order chi connectivity index (χ0) is 13.2. The van der Waals surface area contributed by atoms with Crippen LogP contribution >= 0.6 is 11.6 Å². The van der Waals surface area contributed by atoms with Crippen LogP contribution in [0.5, 0.6) is 0 Å². The van der Waals surface area contributed by atoms with Crippen molar-refractivity contribution < 1.29 is 0 Å². The van der Waals surface area contributed by atoms with Gasteiger partial charge in [-0.3, -0.25) is 0 Å². The molecule has 2 aliphatic rings. The van der Waals surface area contributed by atoms with Gasteiger partial charge in [-0.2, -0.15) is 0 Å². The number of halogens is 1. The van der Waals surface area contributed by atoms with E-state index in [-0.39, 0.29) is 0 Å². The highest BCUT2D eigenvalue weighted by Crippen LogP contribution is 2.32. The van der Waals surface area contributed by atoms with E-state index in [0.717, 1.165) is 35.1 Å². The van der Waals surface area contributed by atoms with Crippen LogP contribution in [-0.4, -0.2) is 9.55 Å². The van der Waals surface area contributed by atoms with Crippen LogP contribution in [0, 0.1) is 6.92 Å². The van der Waals surface area contributed by atoms with Crippen LogP contribution in [0.25, 0.3) is 11.4 Å². The fourth-order valence-corrected chi connectivity index (χ4v) is 2.51. The summed E-state index contributed by atoms with van der Waals surface area (Å²) < 4.78 is 2.17. The molecule has 1 aromatic rings. The number of benzene rings is 1. The maximum atomic E-state index is 6.25. The molecule has 96 valence electrons. The number of aryl methyl sites for hydroxylation is 3. The first-order chi connectivity index (χ1) is 9.25. The second-order valence-corrected chi connectivity index (χ2v) is 5.06. The van der Waals surface area contributed by atoms with Crippen molar-refractivity contribution in [3.63, 3.8) is 0 Å². The third kappa shape index (κ3) is 2.36. The molecule has 0 atom stereocenters. The minimum Gasteiger partial charge on any atom is -0.332 e. The standard InChI is InChI=1S/C16H15ClN2/c1-12-15(17)14-8-5-10-19(16(14)18-12)11-9-13-6-3-2-4-7-13/h2-8,10H,9,11H2,1H3. The summed E-state index contributed by atoms with van der Waals surface area (Å²) in [4.78, 5) is 4.56.